The van der Waals surface area contributed by atoms with Gasteiger partial charge in [0.15, 0.2) is 0 Å². The normalized spacial score (nSPS) is 15.7. The number of rotatable bonds is 7. The zero-order valence-electron chi connectivity index (χ0n) is 15.8. The Morgan fingerprint density at radius 1 is 1.18 bits per heavy atom. The van der Waals surface area contributed by atoms with Gasteiger partial charge >= 0.3 is 0 Å². The quantitative estimate of drug-likeness (QED) is 0.687. The van der Waals surface area contributed by atoms with Gasteiger partial charge in [-0.15, -0.1) is 11.3 Å². The molecule has 1 aromatic heterocycles. The summed E-state index contributed by atoms with van der Waals surface area (Å²) in [4.78, 5) is 38.9. The SMILES string of the molecule is CC(C)c1ccc(CCNC(=O)CN2C(=O)S/C(=C\c3cccs3)C2=O)cc1. The van der Waals surface area contributed by atoms with Gasteiger partial charge < -0.3 is 5.32 Å². The zero-order chi connectivity index (χ0) is 20.1. The van der Waals surface area contributed by atoms with Crippen molar-refractivity contribution in [2.45, 2.75) is 26.2 Å². The second-order valence-electron chi connectivity index (χ2n) is 6.78. The number of nitrogens with one attached hydrogen (secondary N) is 1. The van der Waals surface area contributed by atoms with Gasteiger partial charge in [-0.1, -0.05) is 44.2 Å². The minimum Gasteiger partial charge on any atom is -0.354 e. The summed E-state index contributed by atoms with van der Waals surface area (Å²) in [6.07, 6.45) is 2.39. The molecule has 1 aromatic carbocycles. The molecule has 2 aromatic rings. The van der Waals surface area contributed by atoms with Gasteiger partial charge in [0.1, 0.15) is 6.54 Å². The van der Waals surface area contributed by atoms with Gasteiger partial charge in [-0.2, -0.15) is 0 Å². The minimum atomic E-state index is -0.414. The third-order valence-electron chi connectivity index (χ3n) is 4.37. The molecule has 1 aliphatic heterocycles. The van der Waals surface area contributed by atoms with Crippen LogP contribution in [0.25, 0.3) is 6.08 Å². The van der Waals surface area contributed by atoms with Crippen molar-refractivity contribution in [3.8, 4) is 0 Å². The number of imide groups is 1. The number of nitrogens with zero attached hydrogens (tertiary/aromatic N) is 1. The monoisotopic (exact) mass is 414 g/mol. The van der Waals surface area contributed by atoms with E-state index < -0.39 is 11.1 Å². The first-order valence-corrected chi connectivity index (χ1v) is 10.8. The largest absolute Gasteiger partial charge is 0.354 e. The highest BCUT2D eigenvalue weighted by Crippen LogP contribution is 2.32. The van der Waals surface area contributed by atoms with Gasteiger partial charge in [-0.05, 0) is 52.7 Å². The number of carbonyl (C=O) groups is 3. The molecule has 0 atom stereocenters. The predicted molar refractivity (Wildman–Crippen MR) is 114 cm³/mol. The number of hydrogen-bond acceptors (Lipinski definition) is 5. The highest BCUT2D eigenvalue weighted by atomic mass is 32.2. The second kappa shape index (κ2) is 9.21. The zero-order valence-corrected chi connectivity index (χ0v) is 17.4. The third kappa shape index (κ3) is 5.11. The van der Waals surface area contributed by atoms with Crippen molar-refractivity contribution in [2.24, 2.45) is 0 Å². The standard InChI is InChI=1S/C21H22N2O3S2/c1-14(2)16-7-5-15(6-8-16)9-10-22-19(24)13-23-20(25)18(28-21(23)26)12-17-4-3-11-27-17/h3-8,11-12,14H,9-10,13H2,1-2H3,(H,22,24)/b18-12-. The van der Waals surface area contributed by atoms with Crippen LogP contribution in [0.2, 0.25) is 0 Å². The highest BCUT2D eigenvalue weighted by Gasteiger charge is 2.36. The van der Waals surface area contributed by atoms with Crippen LogP contribution < -0.4 is 5.32 Å². The molecule has 7 heteroatoms. The molecule has 1 fully saturated rings. The van der Waals surface area contributed by atoms with Gasteiger partial charge in [-0.25, -0.2) is 0 Å². The Bertz CT molecular complexity index is 887. The maximum absolute atomic E-state index is 12.4. The second-order valence-corrected chi connectivity index (χ2v) is 8.75. The van der Waals surface area contributed by atoms with Gasteiger partial charge in [0.25, 0.3) is 11.1 Å². The lowest BCUT2D eigenvalue weighted by atomic mass is 10.0. The van der Waals surface area contributed by atoms with Crippen LogP contribution in [0, 0.1) is 0 Å². The predicted octanol–water partition coefficient (Wildman–Crippen LogP) is 4.27. The Morgan fingerprint density at radius 2 is 1.93 bits per heavy atom. The summed E-state index contributed by atoms with van der Waals surface area (Å²) in [7, 11) is 0. The van der Waals surface area contributed by atoms with Crippen molar-refractivity contribution in [3.63, 3.8) is 0 Å². The lowest BCUT2D eigenvalue weighted by molar-refractivity contribution is -0.129. The van der Waals surface area contributed by atoms with E-state index in [1.54, 1.807) is 6.08 Å². The number of thioether (sulfide) groups is 1. The number of carbonyl (C=O) groups excluding carboxylic acids is 3. The van der Waals surface area contributed by atoms with Gasteiger partial charge in [0.2, 0.25) is 5.91 Å². The Hall–Kier alpha value is -2.38. The van der Waals surface area contributed by atoms with Crippen LogP contribution in [0.5, 0.6) is 0 Å². The van der Waals surface area contributed by atoms with Crippen LogP contribution in [0.3, 0.4) is 0 Å². The summed E-state index contributed by atoms with van der Waals surface area (Å²) in [5.41, 5.74) is 2.41. The summed E-state index contributed by atoms with van der Waals surface area (Å²) < 4.78 is 0. The third-order valence-corrected chi connectivity index (χ3v) is 6.10. The average Bonchev–Trinajstić information content (AvgIpc) is 3.26. The summed E-state index contributed by atoms with van der Waals surface area (Å²) in [5, 5.41) is 4.28. The molecule has 3 amide bonds. The van der Waals surface area contributed by atoms with Crippen LogP contribution in [0.1, 0.15) is 35.8 Å². The molecule has 0 radical (unpaired) electrons. The van der Waals surface area contributed by atoms with E-state index in [9.17, 15) is 14.4 Å². The van der Waals surface area contributed by atoms with E-state index in [0.717, 1.165) is 27.1 Å². The number of hydrogen-bond donors (Lipinski definition) is 1. The lowest BCUT2D eigenvalue weighted by Crippen LogP contribution is -2.40. The molecule has 0 saturated carbocycles. The molecule has 28 heavy (non-hydrogen) atoms. The van der Waals surface area contributed by atoms with Crippen LogP contribution in [-0.4, -0.2) is 35.0 Å². The van der Waals surface area contributed by atoms with Crippen molar-refractivity contribution < 1.29 is 14.4 Å². The molecule has 1 N–H and O–H groups in total. The topological polar surface area (TPSA) is 66.5 Å². The molecule has 0 aliphatic carbocycles. The van der Waals surface area contributed by atoms with Crippen LogP contribution in [-0.2, 0) is 16.0 Å². The van der Waals surface area contributed by atoms with Crippen LogP contribution >= 0.6 is 23.1 Å². The van der Waals surface area contributed by atoms with E-state index in [0.29, 0.717) is 23.8 Å². The molecule has 5 nitrogen and oxygen atoms in total. The fourth-order valence-electron chi connectivity index (χ4n) is 2.75. The fourth-order valence-corrected chi connectivity index (χ4v) is 4.31. The van der Waals surface area contributed by atoms with E-state index in [2.05, 4.69) is 43.4 Å². The Kier molecular flexibility index (Phi) is 6.70. The summed E-state index contributed by atoms with van der Waals surface area (Å²) in [5.74, 6) is -0.262. The first-order valence-electron chi connectivity index (χ1n) is 9.08. The van der Waals surface area contributed by atoms with Gasteiger partial charge in [0.05, 0.1) is 4.91 Å². The minimum absolute atomic E-state index is 0.251. The molecule has 1 aliphatic rings. The highest BCUT2D eigenvalue weighted by molar-refractivity contribution is 8.18. The smallest absolute Gasteiger partial charge is 0.294 e. The van der Waals surface area contributed by atoms with E-state index in [1.165, 1.54) is 16.9 Å². The Labute approximate surface area is 172 Å². The first-order chi connectivity index (χ1) is 13.4. The van der Waals surface area contributed by atoms with Crippen molar-refractivity contribution in [1.82, 2.24) is 10.2 Å². The molecular formula is C21H22N2O3S2. The molecule has 2 heterocycles. The fraction of sp³-hybridized carbons (Fsp3) is 0.286. The number of benzene rings is 1. The van der Waals surface area contributed by atoms with Gasteiger partial charge in [0, 0.05) is 11.4 Å². The van der Waals surface area contributed by atoms with Crippen LogP contribution in [0.15, 0.2) is 46.7 Å². The first kappa shape index (κ1) is 20.4. The van der Waals surface area contributed by atoms with Crippen molar-refractivity contribution in [1.29, 1.82) is 0 Å². The maximum atomic E-state index is 12.4. The Morgan fingerprint density at radius 3 is 2.57 bits per heavy atom. The number of amides is 3. The Balaban J connectivity index is 1.49. The molecule has 0 spiro atoms. The van der Waals surface area contributed by atoms with Crippen LogP contribution in [0.4, 0.5) is 4.79 Å². The van der Waals surface area contributed by atoms with E-state index in [4.69, 9.17) is 0 Å². The summed E-state index contributed by atoms with van der Waals surface area (Å²) in [6.45, 7) is 4.50. The van der Waals surface area contributed by atoms with E-state index in [-0.39, 0.29) is 12.5 Å². The number of thiophene rings is 1. The molecule has 146 valence electrons. The van der Waals surface area contributed by atoms with E-state index >= 15 is 0 Å². The maximum Gasteiger partial charge on any atom is 0.294 e. The van der Waals surface area contributed by atoms with Crippen molar-refractivity contribution in [2.75, 3.05) is 13.1 Å². The molecule has 3 rings (SSSR count). The molecule has 1 saturated heterocycles. The van der Waals surface area contributed by atoms with Crippen molar-refractivity contribution in [3.05, 3.63) is 62.7 Å². The molecular weight excluding hydrogens is 392 g/mol. The lowest BCUT2D eigenvalue weighted by Gasteiger charge is -2.12. The van der Waals surface area contributed by atoms with E-state index in [1.807, 2.05) is 17.5 Å². The summed E-state index contributed by atoms with van der Waals surface area (Å²) in [6, 6.07) is 12.1. The van der Waals surface area contributed by atoms with Gasteiger partial charge in [-0.3, -0.25) is 19.3 Å². The summed E-state index contributed by atoms with van der Waals surface area (Å²) >= 11 is 2.36. The molecule has 0 unspecified atom stereocenters. The molecule has 0 bridgehead atoms. The van der Waals surface area contributed by atoms with Crippen molar-refractivity contribution >= 4 is 46.2 Å². The average molecular weight is 415 g/mol.